The van der Waals surface area contributed by atoms with Crippen LogP contribution in [0.4, 0.5) is 16.0 Å². The van der Waals surface area contributed by atoms with Crippen molar-refractivity contribution in [3.63, 3.8) is 0 Å². The van der Waals surface area contributed by atoms with Crippen LogP contribution in [-0.2, 0) is 11.3 Å². The van der Waals surface area contributed by atoms with Crippen LogP contribution in [-0.4, -0.2) is 17.5 Å². The third-order valence-corrected chi connectivity index (χ3v) is 3.50. The monoisotopic (exact) mass is 307 g/mol. The number of carbonyl (C=O) groups is 1. The van der Waals surface area contributed by atoms with E-state index in [1.165, 1.54) is 17.0 Å². The molecule has 0 saturated carbocycles. The van der Waals surface area contributed by atoms with Gasteiger partial charge in [0, 0.05) is 10.6 Å². The molecule has 2 N–H and O–H groups in total. The Bertz CT molecular complexity index is 703. The van der Waals surface area contributed by atoms with Crippen molar-refractivity contribution in [2.75, 3.05) is 17.2 Å². The molecule has 0 bridgehead atoms. The number of hydrogen-bond donors (Lipinski definition) is 1. The number of amides is 1. The van der Waals surface area contributed by atoms with Crippen molar-refractivity contribution >= 4 is 29.1 Å². The molecule has 0 saturated heterocycles. The van der Waals surface area contributed by atoms with Crippen molar-refractivity contribution in [1.82, 2.24) is 4.98 Å². The largest absolute Gasteiger partial charge is 0.480 e. The minimum Gasteiger partial charge on any atom is -0.480 e. The van der Waals surface area contributed by atoms with Gasteiger partial charge in [0.2, 0.25) is 0 Å². The molecule has 3 rings (SSSR count). The maximum absolute atomic E-state index is 13.9. The average molecular weight is 308 g/mol. The van der Waals surface area contributed by atoms with Crippen LogP contribution in [0, 0.1) is 5.82 Å². The quantitative estimate of drug-likeness (QED) is 0.925. The maximum Gasteiger partial charge on any atom is 0.266 e. The number of fused-ring (bicyclic) bond motifs is 1. The second-order valence-corrected chi connectivity index (χ2v) is 4.93. The molecule has 0 atom stereocenters. The molecule has 0 unspecified atom stereocenters. The number of aromatic nitrogens is 1. The number of nitrogens with two attached hydrogens (primary N) is 1. The van der Waals surface area contributed by atoms with E-state index in [0.717, 1.165) is 0 Å². The number of carbonyl (C=O) groups excluding carboxylic acids is 1. The first kappa shape index (κ1) is 13.6. The number of ether oxygens (including phenoxy) is 1. The normalized spacial score (nSPS) is 13.8. The fourth-order valence-electron chi connectivity index (χ4n) is 2.10. The molecule has 0 fully saturated rings. The van der Waals surface area contributed by atoms with Gasteiger partial charge in [-0.1, -0.05) is 17.7 Å². The fourth-order valence-corrected chi connectivity index (χ4v) is 2.32. The van der Waals surface area contributed by atoms with Gasteiger partial charge >= 0.3 is 0 Å². The first-order valence-electron chi connectivity index (χ1n) is 6.19. The molecule has 1 aromatic carbocycles. The summed E-state index contributed by atoms with van der Waals surface area (Å²) >= 11 is 6.00. The summed E-state index contributed by atoms with van der Waals surface area (Å²) in [5.41, 5.74) is 5.86. The van der Waals surface area contributed by atoms with Crippen molar-refractivity contribution in [3.05, 3.63) is 46.7 Å². The summed E-state index contributed by atoms with van der Waals surface area (Å²) in [5, 5.41) is 0.250. The lowest BCUT2D eigenvalue weighted by Crippen LogP contribution is -2.39. The van der Waals surface area contributed by atoms with Crippen molar-refractivity contribution in [1.29, 1.82) is 0 Å². The Balaban J connectivity index is 2.03. The number of anilines is 2. The highest BCUT2D eigenvalue weighted by molar-refractivity contribution is 6.31. The van der Waals surface area contributed by atoms with Crippen LogP contribution in [0.3, 0.4) is 0 Å². The summed E-state index contributed by atoms with van der Waals surface area (Å²) in [7, 11) is 0. The Kier molecular flexibility index (Phi) is 3.39. The van der Waals surface area contributed by atoms with E-state index in [-0.39, 0.29) is 41.3 Å². The zero-order valence-electron chi connectivity index (χ0n) is 10.8. The number of rotatable bonds is 2. The van der Waals surface area contributed by atoms with Gasteiger partial charge < -0.3 is 10.5 Å². The van der Waals surface area contributed by atoms with Crippen molar-refractivity contribution < 1.29 is 13.9 Å². The average Bonchev–Trinajstić information content (AvgIpc) is 2.45. The molecule has 21 heavy (non-hydrogen) atoms. The first-order valence-corrected chi connectivity index (χ1v) is 6.56. The Labute approximate surface area is 125 Å². The molecule has 2 aromatic rings. The van der Waals surface area contributed by atoms with Gasteiger partial charge in [-0.3, -0.25) is 9.69 Å². The van der Waals surface area contributed by atoms with Gasteiger partial charge in [0.1, 0.15) is 11.6 Å². The Morgan fingerprint density at radius 3 is 2.95 bits per heavy atom. The van der Waals surface area contributed by atoms with Gasteiger partial charge in [0.05, 0.1) is 6.54 Å². The summed E-state index contributed by atoms with van der Waals surface area (Å²) < 4.78 is 19.2. The predicted molar refractivity (Wildman–Crippen MR) is 76.7 cm³/mol. The van der Waals surface area contributed by atoms with Crippen LogP contribution in [0.15, 0.2) is 30.3 Å². The van der Waals surface area contributed by atoms with E-state index >= 15 is 0 Å². The van der Waals surface area contributed by atoms with E-state index in [1.54, 1.807) is 18.2 Å². The number of halogens is 2. The van der Waals surface area contributed by atoms with Gasteiger partial charge in [0.25, 0.3) is 5.91 Å². The van der Waals surface area contributed by atoms with Gasteiger partial charge in [-0.05, 0) is 24.3 Å². The van der Waals surface area contributed by atoms with Crippen LogP contribution in [0.25, 0.3) is 0 Å². The van der Waals surface area contributed by atoms with E-state index in [0.29, 0.717) is 5.75 Å². The highest BCUT2D eigenvalue weighted by Crippen LogP contribution is 2.33. The lowest BCUT2D eigenvalue weighted by molar-refractivity contribution is -0.121. The molecule has 108 valence electrons. The minimum absolute atomic E-state index is 0.0306. The van der Waals surface area contributed by atoms with E-state index in [9.17, 15) is 9.18 Å². The van der Waals surface area contributed by atoms with Crippen molar-refractivity contribution in [2.24, 2.45) is 0 Å². The lowest BCUT2D eigenvalue weighted by Gasteiger charge is -2.28. The van der Waals surface area contributed by atoms with Gasteiger partial charge in [-0.2, -0.15) is 0 Å². The summed E-state index contributed by atoms with van der Waals surface area (Å²) in [6.45, 7) is -0.165. The van der Waals surface area contributed by atoms with E-state index < -0.39 is 5.82 Å². The molecule has 1 aromatic heterocycles. The van der Waals surface area contributed by atoms with Gasteiger partial charge in [-0.25, -0.2) is 9.37 Å². The fraction of sp³-hybridized carbons (Fsp3) is 0.143. The number of hydrogen-bond acceptors (Lipinski definition) is 4. The number of nitrogens with zero attached hydrogens (tertiary/aromatic N) is 2. The third-order valence-electron chi connectivity index (χ3n) is 3.15. The zero-order valence-corrected chi connectivity index (χ0v) is 11.6. The summed E-state index contributed by atoms with van der Waals surface area (Å²) in [6.07, 6.45) is 0. The second-order valence-electron chi connectivity index (χ2n) is 4.53. The van der Waals surface area contributed by atoms with E-state index in [4.69, 9.17) is 22.1 Å². The van der Waals surface area contributed by atoms with Crippen molar-refractivity contribution in [2.45, 2.75) is 6.54 Å². The Morgan fingerprint density at radius 1 is 1.38 bits per heavy atom. The molecule has 2 heterocycles. The highest BCUT2D eigenvalue weighted by atomic mass is 35.5. The standard InChI is InChI=1S/C14H11ClFN3O2/c15-9-2-1-3-10(16)8(9)6-19-13(20)7-21-11-4-5-12(17)18-14(11)19/h1-5H,6-7H2,(H2,17,18). The Hall–Kier alpha value is -2.34. The van der Waals surface area contributed by atoms with Crippen LogP contribution >= 0.6 is 11.6 Å². The SMILES string of the molecule is Nc1ccc2c(n1)N(Cc1c(F)cccc1Cl)C(=O)CO2. The summed E-state index contributed by atoms with van der Waals surface area (Å²) in [4.78, 5) is 17.5. The molecule has 1 aliphatic rings. The lowest BCUT2D eigenvalue weighted by atomic mass is 10.2. The van der Waals surface area contributed by atoms with Crippen LogP contribution in [0.1, 0.15) is 5.56 Å². The van der Waals surface area contributed by atoms with E-state index in [2.05, 4.69) is 4.98 Å². The van der Waals surface area contributed by atoms with Gasteiger partial charge in [-0.15, -0.1) is 0 Å². The van der Waals surface area contributed by atoms with Crippen LogP contribution in [0.2, 0.25) is 5.02 Å². The predicted octanol–water partition coefficient (Wildman–Crippen LogP) is 2.38. The Morgan fingerprint density at radius 2 is 2.19 bits per heavy atom. The van der Waals surface area contributed by atoms with E-state index in [1.807, 2.05) is 0 Å². The van der Waals surface area contributed by atoms with Crippen LogP contribution < -0.4 is 15.4 Å². The maximum atomic E-state index is 13.9. The number of nitrogen functional groups attached to an aromatic ring is 1. The molecule has 0 radical (unpaired) electrons. The third kappa shape index (κ3) is 2.50. The second kappa shape index (κ2) is 5.21. The molecular weight excluding hydrogens is 297 g/mol. The van der Waals surface area contributed by atoms with Gasteiger partial charge in [0.15, 0.2) is 18.2 Å². The molecule has 0 aliphatic carbocycles. The zero-order chi connectivity index (χ0) is 15.0. The number of benzene rings is 1. The smallest absolute Gasteiger partial charge is 0.266 e. The number of pyridine rings is 1. The highest BCUT2D eigenvalue weighted by Gasteiger charge is 2.28. The molecule has 5 nitrogen and oxygen atoms in total. The first-order chi connectivity index (χ1) is 10.1. The van der Waals surface area contributed by atoms with Crippen molar-refractivity contribution in [3.8, 4) is 5.75 Å². The topological polar surface area (TPSA) is 68.5 Å². The molecule has 1 aliphatic heterocycles. The molecule has 7 heteroatoms. The molecular formula is C14H11ClFN3O2. The molecule has 1 amide bonds. The summed E-state index contributed by atoms with van der Waals surface area (Å²) in [6, 6.07) is 7.56. The minimum atomic E-state index is -0.479. The molecule has 0 spiro atoms. The van der Waals surface area contributed by atoms with Crippen LogP contribution in [0.5, 0.6) is 5.75 Å². The summed E-state index contributed by atoms with van der Waals surface area (Å²) in [5.74, 6) is 0.130.